The van der Waals surface area contributed by atoms with E-state index in [4.69, 9.17) is 0 Å². The Bertz CT molecular complexity index is 267. The number of rotatable bonds is 0. The zero-order valence-corrected chi connectivity index (χ0v) is 6.82. The number of cyclic esters (lactones) is 2. The molecule has 0 N–H and O–H groups in total. The van der Waals surface area contributed by atoms with Gasteiger partial charge in [-0.3, -0.25) is 9.59 Å². The summed E-state index contributed by atoms with van der Waals surface area (Å²) in [7, 11) is 0. The summed E-state index contributed by atoms with van der Waals surface area (Å²) in [4.78, 5) is 22.1. The first-order valence-corrected chi connectivity index (χ1v) is 4.12. The standard InChI is InChI=1S/C9H10O3/c1-5-2-3-6-7(4-5)9(11)12-8(6)10/h2-3,5-7H,4H2,1H3/t5-,6+,7+/m0/s1. The smallest absolute Gasteiger partial charge is 0.321 e. The normalized spacial score (nSPS) is 39.6. The maximum atomic E-state index is 11.1. The number of allylic oxidation sites excluding steroid dienone is 1. The van der Waals surface area contributed by atoms with Gasteiger partial charge in [-0.15, -0.1) is 0 Å². The second-order valence-electron chi connectivity index (χ2n) is 3.47. The van der Waals surface area contributed by atoms with Crippen LogP contribution in [0.3, 0.4) is 0 Å². The van der Waals surface area contributed by atoms with E-state index in [1.165, 1.54) is 0 Å². The van der Waals surface area contributed by atoms with Gasteiger partial charge >= 0.3 is 11.9 Å². The summed E-state index contributed by atoms with van der Waals surface area (Å²) in [5.74, 6) is -0.856. The zero-order valence-electron chi connectivity index (χ0n) is 6.82. The van der Waals surface area contributed by atoms with Crippen molar-refractivity contribution >= 4 is 11.9 Å². The molecule has 0 aromatic heterocycles. The average molecular weight is 166 g/mol. The van der Waals surface area contributed by atoms with Crippen molar-refractivity contribution in [2.24, 2.45) is 17.8 Å². The van der Waals surface area contributed by atoms with Crippen LogP contribution in [-0.2, 0) is 14.3 Å². The quantitative estimate of drug-likeness (QED) is 0.305. The van der Waals surface area contributed by atoms with Gasteiger partial charge in [-0.25, -0.2) is 0 Å². The summed E-state index contributed by atoms with van der Waals surface area (Å²) in [6.07, 6.45) is 4.51. The lowest BCUT2D eigenvalue weighted by atomic mass is 9.81. The van der Waals surface area contributed by atoms with E-state index in [1.54, 1.807) is 6.08 Å². The van der Waals surface area contributed by atoms with Crippen LogP contribution >= 0.6 is 0 Å². The predicted octanol–water partition coefficient (Wildman–Crippen LogP) is 0.898. The van der Waals surface area contributed by atoms with Crippen molar-refractivity contribution in [2.75, 3.05) is 0 Å². The van der Waals surface area contributed by atoms with E-state index in [2.05, 4.69) is 4.74 Å². The molecule has 3 nitrogen and oxygen atoms in total. The third kappa shape index (κ3) is 0.967. The molecule has 0 unspecified atom stereocenters. The van der Waals surface area contributed by atoms with E-state index in [1.807, 2.05) is 13.0 Å². The predicted molar refractivity (Wildman–Crippen MR) is 41.0 cm³/mol. The summed E-state index contributed by atoms with van der Waals surface area (Å²) in [6, 6.07) is 0. The average Bonchev–Trinajstić information content (AvgIpc) is 2.28. The van der Waals surface area contributed by atoms with Crippen molar-refractivity contribution in [1.29, 1.82) is 0 Å². The molecule has 0 amide bonds. The van der Waals surface area contributed by atoms with E-state index < -0.39 is 0 Å². The highest BCUT2D eigenvalue weighted by Gasteiger charge is 2.44. The fraction of sp³-hybridized carbons (Fsp3) is 0.556. The topological polar surface area (TPSA) is 43.4 Å². The molecule has 2 aliphatic rings. The molecule has 1 heterocycles. The number of esters is 2. The Morgan fingerprint density at radius 2 is 2.08 bits per heavy atom. The number of carbonyl (C=O) groups is 2. The summed E-state index contributed by atoms with van der Waals surface area (Å²) >= 11 is 0. The van der Waals surface area contributed by atoms with Gasteiger partial charge in [-0.05, 0) is 12.3 Å². The van der Waals surface area contributed by atoms with Gasteiger partial charge in [0.1, 0.15) is 0 Å². The number of carbonyl (C=O) groups excluding carboxylic acids is 2. The van der Waals surface area contributed by atoms with Crippen LogP contribution in [0.25, 0.3) is 0 Å². The lowest BCUT2D eigenvalue weighted by Crippen LogP contribution is -2.21. The fourth-order valence-electron chi connectivity index (χ4n) is 1.80. The molecule has 0 saturated carbocycles. The third-order valence-electron chi connectivity index (χ3n) is 2.48. The molecule has 1 aliphatic heterocycles. The first kappa shape index (κ1) is 7.53. The van der Waals surface area contributed by atoms with Crippen LogP contribution in [0.2, 0.25) is 0 Å². The molecule has 3 heteroatoms. The zero-order chi connectivity index (χ0) is 8.72. The van der Waals surface area contributed by atoms with Crippen LogP contribution in [0.4, 0.5) is 0 Å². The van der Waals surface area contributed by atoms with E-state index >= 15 is 0 Å². The maximum absolute atomic E-state index is 11.1. The lowest BCUT2D eigenvalue weighted by Gasteiger charge is -2.18. The van der Waals surface area contributed by atoms with E-state index in [9.17, 15) is 9.59 Å². The van der Waals surface area contributed by atoms with Gasteiger partial charge in [0.2, 0.25) is 0 Å². The van der Waals surface area contributed by atoms with Crippen LogP contribution in [0.1, 0.15) is 13.3 Å². The highest BCUT2D eigenvalue weighted by Crippen LogP contribution is 2.34. The first-order valence-electron chi connectivity index (χ1n) is 4.12. The van der Waals surface area contributed by atoms with Crippen LogP contribution in [0.5, 0.6) is 0 Å². The number of fused-ring (bicyclic) bond motifs is 1. The van der Waals surface area contributed by atoms with E-state index in [-0.39, 0.29) is 23.8 Å². The van der Waals surface area contributed by atoms with Crippen molar-refractivity contribution in [3.63, 3.8) is 0 Å². The van der Waals surface area contributed by atoms with Gasteiger partial charge in [-0.1, -0.05) is 19.1 Å². The molecule has 0 spiro atoms. The van der Waals surface area contributed by atoms with Gasteiger partial charge in [-0.2, -0.15) is 0 Å². The molecule has 1 aliphatic carbocycles. The largest absolute Gasteiger partial charge is 0.392 e. The van der Waals surface area contributed by atoms with Crippen molar-refractivity contribution in [3.8, 4) is 0 Å². The Balaban J connectivity index is 2.29. The van der Waals surface area contributed by atoms with Gasteiger partial charge in [0, 0.05) is 0 Å². The summed E-state index contributed by atoms with van der Waals surface area (Å²) in [5.41, 5.74) is 0. The van der Waals surface area contributed by atoms with Crippen LogP contribution in [0.15, 0.2) is 12.2 Å². The fourth-order valence-corrected chi connectivity index (χ4v) is 1.80. The Hall–Kier alpha value is -1.12. The summed E-state index contributed by atoms with van der Waals surface area (Å²) < 4.78 is 4.53. The minimum Gasteiger partial charge on any atom is -0.392 e. The van der Waals surface area contributed by atoms with Crippen molar-refractivity contribution in [3.05, 3.63) is 12.2 Å². The molecule has 64 valence electrons. The molecular weight excluding hydrogens is 156 g/mol. The molecule has 1 fully saturated rings. The van der Waals surface area contributed by atoms with E-state index in [0.717, 1.165) is 6.42 Å². The summed E-state index contributed by atoms with van der Waals surface area (Å²) in [6.45, 7) is 2.03. The van der Waals surface area contributed by atoms with Gasteiger partial charge in [0.15, 0.2) is 0 Å². The minimum absolute atomic E-state index is 0.211. The monoisotopic (exact) mass is 166 g/mol. The Kier molecular flexibility index (Phi) is 1.53. The number of hydrogen-bond acceptors (Lipinski definition) is 3. The number of ether oxygens (including phenoxy) is 1. The van der Waals surface area contributed by atoms with Gasteiger partial charge < -0.3 is 4.74 Å². The lowest BCUT2D eigenvalue weighted by molar-refractivity contribution is -0.153. The molecule has 12 heavy (non-hydrogen) atoms. The van der Waals surface area contributed by atoms with Crippen LogP contribution < -0.4 is 0 Å². The second kappa shape index (κ2) is 2.44. The molecule has 0 bridgehead atoms. The molecule has 0 aromatic rings. The highest BCUT2D eigenvalue weighted by atomic mass is 16.6. The Labute approximate surface area is 70.4 Å². The molecular formula is C9H10O3. The third-order valence-corrected chi connectivity index (χ3v) is 2.48. The molecule has 0 radical (unpaired) electrons. The van der Waals surface area contributed by atoms with E-state index in [0.29, 0.717) is 5.92 Å². The van der Waals surface area contributed by atoms with Crippen molar-refractivity contribution in [1.82, 2.24) is 0 Å². The van der Waals surface area contributed by atoms with Crippen LogP contribution in [0, 0.1) is 17.8 Å². The summed E-state index contributed by atoms with van der Waals surface area (Å²) in [5, 5.41) is 0. The number of hydrogen-bond donors (Lipinski definition) is 0. The first-order chi connectivity index (χ1) is 5.68. The second-order valence-corrected chi connectivity index (χ2v) is 3.47. The van der Waals surface area contributed by atoms with Gasteiger partial charge in [0.25, 0.3) is 0 Å². The highest BCUT2D eigenvalue weighted by molar-refractivity contribution is 5.97. The maximum Gasteiger partial charge on any atom is 0.321 e. The van der Waals surface area contributed by atoms with Crippen molar-refractivity contribution in [2.45, 2.75) is 13.3 Å². The Morgan fingerprint density at radius 3 is 2.83 bits per heavy atom. The SMILES string of the molecule is C[C@H]1C=C[C@H]2C(=O)OC(=O)[C@@H]2C1. The molecule has 2 rings (SSSR count). The minimum atomic E-state index is -0.381. The Morgan fingerprint density at radius 1 is 1.33 bits per heavy atom. The molecule has 3 atom stereocenters. The van der Waals surface area contributed by atoms with Crippen LogP contribution in [-0.4, -0.2) is 11.9 Å². The molecule has 1 saturated heterocycles. The molecule has 0 aromatic carbocycles. The van der Waals surface area contributed by atoms with Crippen molar-refractivity contribution < 1.29 is 14.3 Å². The van der Waals surface area contributed by atoms with Gasteiger partial charge in [0.05, 0.1) is 11.8 Å².